The monoisotopic (exact) mass is 292 g/mol. The first kappa shape index (κ1) is 14.1. The maximum atomic E-state index is 12.1. The predicted molar refractivity (Wildman–Crippen MR) is 82.8 cm³/mol. The third kappa shape index (κ3) is 3.61. The standard InChI is InChI=1S/C16H24N2OS/c19-15(18-10-2-1-3-11-18)8-9-17-16(13-6-7-13)14-5-4-12-20-14/h4-5,12-13,16-17H,1-3,6-11H2. The lowest BCUT2D eigenvalue weighted by molar-refractivity contribution is -0.132. The van der Waals surface area contributed by atoms with Gasteiger partial charge in [0.1, 0.15) is 0 Å². The van der Waals surface area contributed by atoms with E-state index in [1.165, 1.54) is 37.0 Å². The van der Waals surface area contributed by atoms with E-state index in [1.54, 1.807) is 0 Å². The highest BCUT2D eigenvalue weighted by Crippen LogP contribution is 2.42. The molecule has 2 fully saturated rings. The average Bonchev–Trinajstić information content (AvgIpc) is 3.18. The summed E-state index contributed by atoms with van der Waals surface area (Å²) in [6.45, 7) is 2.75. The molecular weight excluding hydrogens is 268 g/mol. The molecule has 110 valence electrons. The highest BCUT2D eigenvalue weighted by molar-refractivity contribution is 7.10. The molecule has 1 N–H and O–H groups in total. The van der Waals surface area contributed by atoms with Gasteiger partial charge in [-0.15, -0.1) is 11.3 Å². The maximum Gasteiger partial charge on any atom is 0.223 e. The van der Waals surface area contributed by atoms with E-state index in [4.69, 9.17) is 0 Å². The number of carbonyl (C=O) groups excluding carboxylic acids is 1. The number of rotatable bonds is 6. The Morgan fingerprint density at radius 2 is 2.15 bits per heavy atom. The van der Waals surface area contributed by atoms with Crippen molar-refractivity contribution in [3.8, 4) is 0 Å². The van der Waals surface area contributed by atoms with Crippen LogP contribution in [0.1, 0.15) is 49.4 Å². The van der Waals surface area contributed by atoms with Crippen LogP contribution in [0.25, 0.3) is 0 Å². The molecule has 1 aliphatic heterocycles. The number of nitrogens with one attached hydrogen (secondary N) is 1. The lowest BCUT2D eigenvalue weighted by Crippen LogP contribution is -2.37. The van der Waals surface area contributed by atoms with Gasteiger partial charge in [-0.1, -0.05) is 6.07 Å². The molecule has 1 aromatic heterocycles. The first-order valence-corrected chi connectivity index (χ1v) is 8.77. The molecular formula is C16H24N2OS. The molecule has 1 atom stereocenters. The fourth-order valence-corrected chi connectivity index (χ4v) is 3.93. The van der Waals surface area contributed by atoms with Gasteiger partial charge in [0.05, 0.1) is 0 Å². The number of nitrogens with zero attached hydrogens (tertiary/aromatic N) is 1. The van der Waals surface area contributed by atoms with Crippen LogP contribution in [0, 0.1) is 5.92 Å². The second kappa shape index (κ2) is 6.72. The minimum absolute atomic E-state index is 0.331. The van der Waals surface area contributed by atoms with Gasteiger partial charge in [-0.05, 0) is 49.5 Å². The van der Waals surface area contributed by atoms with Gasteiger partial charge in [0.15, 0.2) is 0 Å². The second-order valence-electron chi connectivity index (χ2n) is 5.98. The smallest absolute Gasteiger partial charge is 0.223 e. The first-order chi connectivity index (χ1) is 9.84. The molecule has 20 heavy (non-hydrogen) atoms. The second-order valence-corrected chi connectivity index (χ2v) is 6.96. The van der Waals surface area contributed by atoms with Crippen molar-refractivity contribution < 1.29 is 4.79 Å². The van der Waals surface area contributed by atoms with Crippen molar-refractivity contribution in [3.63, 3.8) is 0 Å². The van der Waals surface area contributed by atoms with E-state index in [2.05, 4.69) is 22.8 Å². The first-order valence-electron chi connectivity index (χ1n) is 7.89. The molecule has 0 bridgehead atoms. The number of hydrogen-bond donors (Lipinski definition) is 1. The topological polar surface area (TPSA) is 32.3 Å². The Hall–Kier alpha value is -0.870. The largest absolute Gasteiger partial charge is 0.343 e. The Balaban J connectivity index is 1.45. The van der Waals surface area contributed by atoms with Crippen LogP contribution in [0.2, 0.25) is 0 Å². The van der Waals surface area contributed by atoms with Crippen molar-refractivity contribution in [2.45, 2.75) is 44.6 Å². The molecule has 3 nitrogen and oxygen atoms in total. The van der Waals surface area contributed by atoms with Crippen molar-refractivity contribution in [1.82, 2.24) is 10.2 Å². The van der Waals surface area contributed by atoms with E-state index in [-0.39, 0.29) is 0 Å². The zero-order valence-electron chi connectivity index (χ0n) is 12.0. The van der Waals surface area contributed by atoms with Gasteiger partial charge < -0.3 is 10.2 Å². The Morgan fingerprint density at radius 1 is 1.35 bits per heavy atom. The van der Waals surface area contributed by atoms with E-state index < -0.39 is 0 Å². The number of amides is 1. The van der Waals surface area contributed by atoms with Gasteiger partial charge in [-0.2, -0.15) is 0 Å². The summed E-state index contributed by atoms with van der Waals surface area (Å²) in [5.74, 6) is 1.12. The molecule has 1 aliphatic carbocycles. The van der Waals surface area contributed by atoms with Gasteiger partial charge in [0, 0.05) is 37.0 Å². The van der Waals surface area contributed by atoms with Crippen LogP contribution in [0.4, 0.5) is 0 Å². The van der Waals surface area contributed by atoms with Crippen LogP contribution in [0.5, 0.6) is 0 Å². The minimum Gasteiger partial charge on any atom is -0.343 e. The van der Waals surface area contributed by atoms with E-state index in [9.17, 15) is 4.79 Å². The molecule has 2 aliphatic rings. The molecule has 1 saturated carbocycles. The molecule has 4 heteroatoms. The van der Waals surface area contributed by atoms with Crippen molar-refractivity contribution >= 4 is 17.2 Å². The van der Waals surface area contributed by atoms with Gasteiger partial charge >= 0.3 is 0 Å². The molecule has 2 heterocycles. The molecule has 0 aromatic carbocycles. The summed E-state index contributed by atoms with van der Waals surface area (Å²) in [4.78, 5) is 15.6. The number of carbonyl (C=O) groups is 1. The molecule has 1 aromatic rings. The highest BCUT2D eigenvalue weighted by Gasteiger charge is 2.32. The number of likely N-dealkylation sites (tertiary alicyclic amines) is 1. The summed E-state index contributed by atoms with van der Waals surface area (Å²) in [5.41, 5.74) is 0. The van der Waals surface area contributed by atoms with Gasteiger partial charge in [-0.3, -0.25) is 4.79 Å². The Kier molecular flexibility index (Phi) is 4.73. The molecule has 1 amide bonds. The molecule has 1 unspecified atom stereocenters. The SMILES string of the molecule is O=C(CCNC(c1cccs1)C1CC1)N1CCCCC1. The predicted octanol–water partition coefficient (Wildman–Crippen LogP) is 3.19. The van der Waals surface area contributed by atoms with E-state index >= 15 is 0 Å². The molecule has 0 spiro atoms. The van der Waals surface area contributed by atoms with Crippen LogP contribution in [0.15, 0.2) is 17.5 Å². The van der Waals surface area contributed by atoms with E-state index in [0.29, 0.717) is 18.4 Å². The summed E-state index contributed by atoms with van der Waals surface area (Å²) in [6, 6.07) is 4.81. The molecule has 3 rings (SSSR count). The zero-order valence-corrected chi connectivity index (χ0v) is 12.8. The normalized spacial score (nSPS) is 20.9. The lowest BCUT2D eigenvalue weighted by atomic mass is 10.1. The minimum atomic E-state index is 0.331. The Labute approximate surface area is 125 Å². The average molecular weight is 292 g/mol. The summed E-state index contributed by atoms with van der Waals surface area (Å²) in [5, 5.41) is 5.76. The van der Waals surface area contributed by atoms with Gasteiger partial charge in [-0.25, -0.2) is 0 Å². The lowest BCUT2D eigenvalue weighted by Gasteiger charge is -2.27. The fourth-order valence-electron chi connectivity index (χ4n) is 3.03. The van der Waals surface area contributed by atoms with Crippen molar-refractivity contribution in [2.24, 2.45) is 5.92 Å². The van der Waals surface area contributed by atoms with Crippen molar-refractivity contribution in [3.05, 3.63) is 22.4 Å². The zero-order chi connectivity index (χ0) is 13.8. The molecule has 1 saturated heterocycles. The van der Waals surface area contributed by atoms with Crippen LogP contribution >= 0.6 is 11.3 Å². The van der Waals surface area contributed by atoms with Crippen LogP contribution in [-0.2, 0) is 4.79 Å². The number of piperidine rings is 1. The quantitative estimate of drug-likeness (QED) is 0.873. The molecule has 0 radical (unpaired) electrons. The van der Waals surface area contributed by atoms with Gasteiger partial charge in [0.25, 0.3) is 0 Å². The van der Waals surface area contributed by atoms with Crippen LogP contribution in [-0.4, -0.2) is 30.4 Å². The number of hydrogen-bond acceptors (Lipinski definition) is 3. The maximum absolute atomic E-state index is 12.1. The van der Waals surface area contributed by atoms with Crippen molar-refractivity contribution in [2.75, 3.05) is 19.6 Å². The summed E-state index contributed by atoms with van der Waals surface area (Å²) >= 11 is 1.83. The Morgan fingerprint density at radius 3 is 2.80 bits per heavy atom. The van der Waals surface area contributed by atoms with Crippen molar-refractivity contribution in [1.29, 1.82) is 0 Å². The Bertz CT molecular complexity index is 422. The number of thiophene rings is 1. The van der Waals surface area contributed by atoms with Crippen LogP contribution < -0.4 is 5.32 Å². The fraction of sp³-hybridized carbons (Fsp3) is 0.688. The van der Waals surface area contributed by atoms with E-state index in [0.717, 1.165) is 25.6 Å². The summed E-state index contributed by atoms with van der Waals surface area (Å²) in [6.07, 6.45) is 6.95. The van der Waals surface area contributed by atoms with E-state index in [1.807, 2.05) is 16.2 Å². The highest BCUT2D eigenvalue weighted by atomic mass is 32.1. The third-order valence-electron chi connectivity index (χ3n) is 4.36. The summed E-state index contributed by atoms with van der Waals surface area (Å²) < 4.78 is 0. The summed E-state index contributed by atoms with van der Waals surface area (Å²) in [7, 11) is 0. The third-order valence-corrected chi connectivity index (χ3v) is 5.31. The van der Waals surface area contributed by atoms with Crippen LogP contribution in [0.3, 0.4) is 0 Å². The van der Waals surface area contributed by atoms with Gasteiger partial charge in [0.2, 0.25) is 5.91 Å².